The average Bonchev–Trinajstić information content (AvgIpc) is 2.99. The maximum atomic E-state index is 10.7. The summed E-state index contributed by atoms with van der Waals surface area (Å²) in [7, 11) is 0. The number of rotatable bonds is 4. The highest BCUT2D eigenvalue weighted by atomic mass is 79.9. The molecule has 0 saturated carbocycles. The van der Waals surface area contributed by atoms with Crippen LogP contribution >= 0.6 is 28.3 Å². The van der Waals surface area contributed by atoms with Gasteiger partial charge in [0.15, 0.2) is 5.13 Å². The van der Waals surface area contributed by atoms with E-state index in [0.717, 1.165) is 27.6 Å². The number of aromatic nitrogens is 1. The Bertz CT molecular complexity index is 863. The van der Waals surface area contributed by atoms with Crippen LogP contribution in [-0.4, -0.2) is 9.91 Å². The first-order chi connectivity index (χ1) is 11.0. The molecule has 0 unspecified atom stereocenters. The maximum absolute atomic E-state index is 10.7. The highest BCUT2D eigenvalue weighted by Gasteiger charge is 2.09. The molecule has 2 aromatic carbocycles. The van der Waals surface area contributed by atoms with E-state index in [9.17, 15) is 10.1 Å². The minimum absolute atomic E-state index is 0. The summed E-state index contributed by atoms with van der Waals surface area (Å²) in [6, 6.07) is 12.6. The average molecular weight is 406 g/mol. The molecule has 0 atom stereocenters. The molecule has 0 radical (unpaired) electrons. The van der Waals surface area contributed by atoms with Crippen LogP contribution < -0.4 is 5.32 Å². The molecule has 3 aromatic rings. The van der Waals surface area contributed by atoms with Crippen molar-refractivity contribution in [3.8, 4) is 11.3 Å². The normalized spacial score (nSPS) is 10.1. The molecule has 7 heteroatoms. The molecule has 0 spiro atoms. The van der Waals surface area contributed by atoms with E-state index < -0.39 is 4.92 Å². The van der Waals surface area contributed by atoms with Crippen LogP contribution in [0.2, 0.25) is 0 Å². The van der Waals surface area contributed by atoms with Crippen molar-refractivity contribution in [1.82, 2.24) is 4.98 Å². The molecule has 1 aromatic heterocycles. The topological polar surface area (TPSA) is 68.1 Å². The molecule has 1 N–H and O–H groups in total. The van der Waals surface area contributed by atoms with E-state index in [0.29, 0.717) is 0 Å². The number of nitro benzene ring substituents is 1. The first kappa shape index (κ1) is 18.1. The summed E-state index contributed by atoms with van der Waals surface area (Å²) in [5.74, 6) is 0. The smallest absolute Gasteiger partial charge is 0.269 e. The van der Waals surface area contributed by atoms with Crippen molar-refractivity contribution in [2.45, 2.75) is 13.8 Å². The fraction of sp³-hybridized carbons (Fsp3) is 0.118. The van der Waals surface area contributed by atoms with Crippen LogP contribution in [0.15, 0.2) is 47.8 Å². The molecule has 1 heterocycles. The van der Waals surface area contributed by atoms with Gasteiger partial charge in [-0.3, -0.25) is 10.1 Å². The number of thiazole rings is 1. The van der Waals surface area contributed by atoms with E-state index in [1.807, 2.05) is 11.4 Å². The van der Waals surface area contributed by atoms with Crippen molar-refractivity contribution in [3.05, 3.63) is 69.1 Å². The van der Waals surface area contributed by atoms with E-state index in [1.165, 1.54) is 29.0 Å². The van der Waals surface area contributed by atoms with Crippen molar-refractivity contribution in [2.75, 3.05) is 5.32 Å². The minimum atomic E-state index is -0.405. The predicted octanol–water partition coefficient (Wildman–Crippen LogP) is 5.66. The third-order valence-corrected chi connectivity index (χ3v) is 4.26. The van der Waals surface area contributed by atoms with E-state index in [2.05, 4.69) is 36.3 Å². The predicted molar refractivity (Wildman–Crippen MR) is 104 cm³/mol. The van der Waals surface area contributed by atoms with Crippen molar-refractivity contribution in [1.29, 1.82) is 0 Å². The summed E-state index contributed by atoms with van der Waals surface area (Å²) < 4.78 is 0. The van der Waals surface area contributed by atoms with Gasteiger partial charge < -0.3 is 5.32 Å². The molecule has 0 aliphatic carbocycles. The molecule has 0 saturated heterocycles. The summed E-state index contributed by atoms with van der Waals surface area (Å²) in [6.07, 6.45) is 0. The largest absolute Gasteiger partial charge is 0.331 e. The molecule has 0 fully saturated rings. The van der Waals surface area contributed by atoms with Crippen LogP contribution in [-0.2, 0) is 0 Å². The second kappa shape index (κ2) is 7.55. The van der Waals surface area contributed by atoms with E-state index in [-0.39, 0.29) is 22.7 Å². The number of nitro groups is 1. The first-order valence-electron chi connectivity index (χ1n) is 7.07. The van der Waals surface area contributed by atoms with E-state index in [4.69, 9.17) is 0 Å². The monoisotopic (exact) mass is 405 g/mol. The van der Waals surface area contributed by atoms with Crippen LogP contribution in [0.1, 0.15) is 11.1 Å². The second-order valence-corrected chi connectivity index (χ2v) is 6.14. The Balaban J connectivity index is 0.00000208. The number of hydrogen-bond acceptors (Lipinski definition) is 5. The molecule has 24 heavy (non-hydrogen) atoms. The third-order valence-electron chi connectivity index (χ3n) is 3.50. The summed E-state index contributed by atoms with van der Waals surface area (Å²) in [6.45, 7) is 4.12. The Hall–Kier alpha value is -2.25. The van der Waals surface area contributed by atoms with Gasteiger partial charge in [-0.1, -0.05) is 17.7 Å². The Morgan fingerprint density at radius 3 is 2.46 bits per heavy atom. The minimum Gasteiger partial charge on any atom is -0.331 e. The number of hydrogen-bond donors (Lipinski definition) is 1. The van der Waals surface area contributed by atoms with Gasteiger partial charge >= 0.3 is 0 Å². The van der Waals surface area contributed by atoms with Gasteiger partial charge in [0.1, 0.15) is 0 Å². The molecular formula is C17H16BrN3O2S. The van der Waals surface area contributed by atoms with Gasteiger partial charge in [0.2, 0.25) is 0 Å². The standard InChI is InChI=1S/C17H15N3O2S.BrH/c1-11-3-8-15(12(2)9-11)18-17-19-16(10-23-17)13-4-6-14(7-5-13)20(21)22;/h3-10H,1-2H3,(H,18,19);1H. The molecule has 0 amide bonds. The van der Waals surface area contributed by atoms with Crippen LogP contribution in [0.5, 0.6) is 0 Å². The lowest BCUT2D eigenvalue weighted by molar-refractivity contribution is -0.384. The molecule has 124 valence electrons. The van der Waals surface area contributed by atoms with Gasteiger partial charge in [0.05, 0.1) is 10.6 Å². The Kier molecular flexibility index (Phi) is 5.69. The van der Waals surface area contributed by atoms with Gasteiger partial charge in [-0.05, 0) is 37.6 Å². The summed E-state index contributed by atoms with van der Waals surface area (Å²) in [5.41, 5.74) is 5.16. The van der Waals surface area contributed by atoms with Crippen LogP contribution in [0, 0.1) is 24.0 Å². The molecule has 0 bridgehead atoms. The van der Waals surface area contributed by atoms with Crippen molar-refractivity contribution >= 4 is 44.8 Å². The Morgan fingerprint density at radius 1 is 1.12 bits per heavy atom. The highest BCUT2D eigenvalue weighted by molar-refractivity contribution is 8.93. The zero-order valence-electron chi connectivity index (χ0n) is 13.1. The third kappa shape index (κ3) is 3.98. The molecule has 3 rings (SSSR count). The van der Waals surface area contributed by atoms with Gasteiger partial charge in [-0.15, -0.1) is 28.3 Å². The lowest BCUT2D eigenvalue weighted by atomic mass is 10.1. The van der Waals surface area contributed by atoms with Crippen LogP contribution in [0.4, 0.5) is 16.5 Å². The van der Waals surface area contributed by atoms with Crippen LogP contribution in [0.3, 0.4) is 0 Å². The van der Waals surface area contributed by atoms with Crippen LogP contribution in [0.25, 0.3) is 11.3 Å². The first-order valence-corrected chi connectivity index (χ1v) is 7.95. The fourth-order valence-corrected chi connectivity index (χ4v) is 3.02. The number of non-ortho nitro benzene ring substituents is 1. The second-order valence-electron chi connectivity index (χ2n) is 5.29. The number of nitrogens with zero attached hydrogens (tertiary/aromatic N) is 2. The molecule has 0 aliphatic rings. The Morgan fingerprint density at radius 2 is 1.83 bits per heavy atom. The van der Waals surface area contributed by atoms with Crippen molar-refractivity contribution in [3.63, 3.8) is 0 Å². The fourth-order valence-electron chi connectivity index (χ4n) is 2.29. The lowest BCUT2D eigenvalue weighted by Crippen LogP contribution is -1.93. The van der Waals surface area contributed by atoms with Crippen molar-refractivity contribution in [2.24, 2.45) is 0 Å². The van der Waals surface area contributed by atoms with E-state index in [1.54, 1.807) is 12.1 Å². The summed E-state index contributed by atoms with van der Waals surface area (Å²) >= 11 is 1.51. The number of benzene rings is 2. The quantitative estimate of drug-likeness (QED) is 0.449. The SMILES string of the molecule is Br.Cc1ccc(Nc2nc(-c3ccc([N+](=O)[O-])cc3)cs2)c(C)c1. The van der Waals surface area contributed by atoms with Gasteiger partial charge in [0, 0.05) is 28.8 Å². The summed E-state index contributed by atoms with van der Waals surface area (Å²) in [5, 5.41) is 16.7. The number of halogens is 1. The maximum Gasteiger partial charge on any atom is 0.269 e. The van der Waals surface area contributed by atoms with Gasteiger partial charge in [-0.2, -0.15) is 0 Å². The van der Waals surface area contributed by atoms with Gasteiger partial charge in [-0.25, -0.2) is 4.98 Å². The van der Waals surface area contributed by atoms with E-state index >= 15 is 0 Å². The van der Waals surface area contributed by atoms with Crippen molar-refractivity contribution < 1.29 is 4.92 Å². The summed E-state index contributed by atoms with van der Waals surface area (Å²) in [4.78, 5) is 14.8. The zero-order chi connectivity index (χ0) is 16.4. The number of anilines is 2. The van der Waals surface area contributed by atoms with Gasteiger partial charge in [0.25, 0.3) is 5.69 Å². The molecule has 5 nitrogen and oxygen atoms in total. The Labute approximate surface area is 154 Å². The number of aryl methyl sites for hydroxylation is 2. The molecular weight excluding hydrogens is 390 g/mol. The highest BCUT2D eigenvalue weighted by Crippen LogP contribution is 2.29. The zero-order valence-corrected chi connectivity index (χ0v) is 15.7. The number of nitrogens with one attached hydrogen (secondary N) is 1. The lowest BCUT2D eigenvalue weighted by Gasteiger charge is -2.07. The molecule has 0 aliphatic heterocycles.